The van der Waals surface area contributed by atoms with E-state index in [1.165, 1.54) is 23.5 Å². The Morgan fingerprint density at radius 2 is 1.91 bits per heavy atom. The van der Waals surface area contributed by atoms with Crippen LogP contribution in [0.15, 0.2) is 66.7 Å². The van der Waals surface area contributed by atoms with E-state index in [2.05, 4.69) is 17.2 Å². The van der Waals surface area contributed by atoms with E-state index in [1.807, 2.05) is 24.3 Å². The molecule has 8 heteroatoms. The van der Waals surface area contributed by atoms with Crippen LogP contribution in [0, 0.1) is 10.1 Å². The number of nitrogens with zero attached hydrogens (tertiary/aromatic N) is 2. The van der Waals surface area contributed by atoms with Gasteiger partial charge in [0.15, 0.2) is 0 Å². The smallest absolute Gasteiger partial charge is 0.271 e. The molecule has 0 aliphatic heterocycles. The van der Waals surface area contributed by atoms with Crippen LogP contribution in [0.25, 0.3) is 20.8 Å². The first kappa shape index (κ1) is 21.5. The maximum Gasteiger partial charge on any atom is 0.271 e. The third-order valence-electron chi connectivity index (χ3n) is 4.87. The number of nitro groups is 1. The lowest BCUT2D eigenvalue weighted by Gasteiger charge is -2.10. The van der Waals surface area contributed by atoms with Crippen LogP contribution in [0.4, 0.5) is 11.4 Å². The zero-order chi connectivity index (χ0) is 22.5. The highest BCUT2D eigenvalue weighted by atomic mass is 32.1. The highest BCUT2D eigenvalue weighted by Crippen LogP contribution is 2.36. The molecule has 0 spiro atoms. The zero-order valence-electron chi connectivity index (χ0n) is 17.4. The minimum Gasteiger partial charge on any atom is -0.494 e. The number of fused-ring (bicyclic) bond motifs is 1. The van der Waals surface area contributed by atoms with Gasteiger partial charge in [-0.15, -0.1) is 11.3 Å². The molecule has 0 fully saturated rings. The van der Waals surface area contributed by atoms with Gasteiger partial charge < -0.3 is 10.1 Å². The second-order valence-corrected chi connectivity index (χ2v) is 8.18. The van der Waals surface area contributed by atoms with Crippen molar-refractivity contribution in [3.63, 3.8) is 0 Å². The van der Waals surface area contributed by atoms with Crippen molar-refractivity contribution in [2.45, 2.75) is 19.8 Å². The quantitative estimate of drug-likeness (QED) is 0.194. The lowest BCUT2D eigenvalue weighted by molar-refractivity contribution is -0.384. The van der Waals surface area contributed by atoms with Crippen molar-refractivity contribution in [3.8, 4) is 16.3 Å². The minimum absolute atomic E-state index is 0.107. The lowest BCUT2D eigenvalue weighted by Crippen LogP contribution is -2.13. The summed E-state index contributed by atoms with van der Waals surface area (Å²) in [5.41, 5.74) is 2.12. The summed E-state index contributed by atoms with van der Waals surface area (Å²) in [7, 11) is 0. The number of thiazole rings is 1. The first-order valence-corrected chi connectivity index (χ1v) is 11.1. The molecular formula is C24H21N3O4S. The number of benzene rings is 3. The molecule has 1 heterocycles. The molecule has 0 aliphatic carbocycles. The minimum atomic E-state index is -0.486. The van der Waals surface area contributed by atoms with Gasteiger partial charge in [-0.05, 0) is 48.9 Å². The molecule has 0 atom stereocenters. The van der Waals surface area contributed by atoms with Gasteiger partial charge in [0.05, 0.1) is 27.4 Å². The Hall–Kier alpha value is -3.78. The molecule has 0 saturated heterocycles. The second kappa shape index (κ2) is 9.57. The van der Waals surface area contributed by atoms with Crippen molar-refractivity contribution < 1.29 is 14.5 Å². The summed E-state index contributed by atoms with van der Waals surface area (Å²) in [6.07, 6.45) is 2.00. The Kier molecular flexibility index (Phi) is 6.42. The number of carbonyl (C=O) groups is 1. The van der Waals surface area contributed by atoms with Crippen molar-refractivity contribution in [2.24, 2.45) is 0 Å². The maximum absolute atomic E-state index is 12.9. The van der Waals surface area contributed by atoms with Gasteiger partial charge in [-0.3, -0.25) is 14.9 Å². The molecule has 0 bridgehead atoms. The molecule has 162 valence electrons. The van der Waals surface area contributed by atoms with Crippen molar-refractivity contribution in [3.05, 3.63) is 82.4 Å². The Morgan fingerprint density at radius 1 is 1.12 bits per heavy atom. The Labute approximate surface area is 188 Å². The van der Waals surface area contributed by atoms with Crippen LogP contribution in [-0.2, 0) is 0 Å². The fourth-order valence-electron chi connectivity index (χ4n) is 3.15. The van der Waals surface area contributed by atoms with E-state index in [-0.39, 0.29) is 11.6 Å². The van der Waals surface area contributed by atoms with Gasteiger partial charge in [0.1, 0.15) is 10.8 Å². The third-order valence-corrected chi connectivity index (χ3v) is 5.94. The van der Waals surface area contributed by atoms with Crippen molar-refractivity contribution in [2.75, 3.05) is 11.9 Å². The first-order chi connectivity index (χ1) is 15.5. The maximum atomic E-state index is 12.9. The van der Waals surface area contributed by atoms with Gasteiger partial charge in [0, 0.05) is 23.3 Å². The monoisotopic (exact) mass is 447 g/mol. The van der Waals surface area contributed by atoms with E-state index >= 15 is 0 Å². The highest BCUT2D eigenvalue weighted by Gasteiger charge is 2.18. The molecule has 1 N–H and O–H groups in total. The van der Waals surface area contributed by atoms with Crippen LogP contribution in [0.3, 0.4) is 0 Å². The van der Waals surface area contributed by atoms with Gasteiger partial charge in [0.2, 0.25) is 0 Å². The number of non-ortho nitro benzene ring substituents is 1. The van der Waals surface area contributed by atoms with Crippen LogP contribution >= 0.6 is 11.3 Å². The molecule has 4 rings (SSSR count). The van der Waals surface area contributed by atoms with E-state index in [4.69, 9.17) is 4.74 Å². The molecule has 4 aromatic rings. The predicted octanol–water partition coefficient (Wildman–Crippen LogP) is 6.30. The van der Waals surface area contributed by atoms with Crippen molar-refractivity contribution >= 4 is 38.8 Å². The van der Waals surface area contributed by atoms with Gasteiger partial charge in [-0.25, -0.2) is 4.98 Å². The molecule has 3 aromatic carbocycles. The standard InChI is InChI=1S/C24H21N3O4S/c1-2-3-14-31-18-11-8-16(9-12-18)23(28)25-21-15-17(27(29)30)10-13-19(21)24-26-20-6-4-5-7-22(20)32-24/h4-13,15H,2-3,14H2,1H3,(H,25,28). The Bertz CT molecular complexity index is 1230. The number of nitro benzene ring substituents is 1. The predicted molar refractivity (Wildman–Crippen MR) is 127 cm³/mol. The van der Waals surface area contributed by atoms with E-state index in [0.29, 0.717) is 34.2 Å². The summed E-state index contributed by atoms with van der Waals surface area (Å²) in [5.74, 6) is 0.327. The van der Waals surface area contributed by atoms with Gasteiger partial charge in [-0.1, -0.05) is 25.5 Å². The zero-order valence-corrected chi connectivity index (χ0v) is 18.2. The average Bonchev–Trinajstić information content (AvgIpc) is 3.23. The van der Waals surface area contributed by atoms with E-state index < -0.39 is 4.92 Å². The molecule has 1 amide bonds. The Morgan fingerprint density at radius 3 is 2.62 bits per heavy atom. The number of amides is 1. The molecule has 7 nitrogen and oxygen atoms in total. The number of hydrogen-bond donors (Lipinski definition) is 1. The molecule has 0 aliphatic rings. The number of aromatic nitrogens is 1. The van der Waals surface area contributed by atoms with Crippen LogP contribution in [0.1, 0.15) is 30.1 Å². The number of ether oxygens (including phenoxy) is 1. The second-order valence-electron chi connectivity index (χ2n) is 7.15. The van der Waals surface area contributed by atoms with Gasteiger partial charge in [0.25, 0.3) is 11.6 Å². The molecule has 32 heavy (non-hydrogen) atoms. The fourth-order valence-corrected chi connectivity index (χ4v) is 4.16. The number of para-hydroxylation sites is 1. The number of rotatable bonds is 8. The summed E-state index contributed by atoms with van der Waals surface area (Å²) in [6.45, 7) is 2.72. The van der Waals surface area contributed by atoms with Crippen LogP contribution in [0.2, 0.25) is 0 Å². The van der Waals surface area contributed by atoms with E-state index in [9.17, 15) is 14.9 Å². The number of hydrogen-bond acceptors (Lipinski definition) is 6. The number of anilines is 1. The van der Waals surface area contributed by atoms with Crippen molar-refractivity contribution in [1.82, 2.24) is 4.98 Å². The van der Waals surface area contributed by atoms with Crippen LogP contribution < -0.4 is 10.1 Å². The number of carbonyl (C=O) groups excluding carboxylic acids is 1. The van der Waals surface area contributed by atoms with E-state index in [0.717, 1.165) is 23.1 Å². The molecule has 0 saturated carbocycles. The topological polar surface area (TPSA) is 94.4 Å². The normalized spacial score (nSPS) is 10.8. The SMILES string of the molecule is CCCCOc1ccc(C(=O)Nc2cc([N+](=O)[O-])ccc2-c2nc3ccccc3s2)cc1. The number of unbranched alkanes of at least 4 members (excludes halogenated alkanes) is 1. The fraction of sp³-hybridized carbons (Fsp3) is 0.167. The van der Waals surface area contributed by atoms with Crippen LogP contribution in [-0.4, -0.2) is 22.4 Å². The molecule has 0 radical (unpaired) electrons. The first-order valence-electron chi connectivity index (χ1n) is 10.2. The molecular weight excluding hydrogens is 426 g/mol. The third kappa shape index (κ3) is 4.76. The van der Waals surface area contributed by atoms with Gasteiger partial charge in [-0.2, -0.15) is 0 Å². The summed E-state index contributed by atoms with van der Waals surface area (Å²) in [5, 5.41) is 14.8. The summed E-state index contributed by atoms with van der Waals surface area (Å²) < 4.78 is 6.63. The van der Waals surface area contributed by atoms with Crippen LogP contribution in [0.5, 0.6) is 5.75 Å². The lowest BCUT2D eigenvalue weighted by atomic mass is 10.1. The van der Waals surface area contributed by atoms with Crippen molar-refractivity contribution in [1.29, 1.82) is 0 Å². The Balaban J connectivity index is 1.62. The van der Waals surface area contributed by atoms with Gasteiger partial charge >= 0.3 is 0 Å². The average molecular weight is 448 g/mol. The number of nitrogens with one attached hydrogen (secondary N) is 1. The largest absolute Gasteiger partial charge is 0.494 e. The van der Waals surface area contributed by atoms with E-state index in [1.54, 1.807) is 30.3 Å². The molecule has 0 unspecified atom stereocenters. The summed E-state index contributed by atoms with van der Waals surface area (Å²) >= 11 is 1.46. The summed E-state index contributed by atoms with van der Waals surface area (Å²) in [4.78, 5) is 28.3. The highest BCUT2D eigenvalue weighted by molar-refractivity contribution is 7.21. The molecule has 1 aromatic heterocycles. The summed E-state index contributed by atoms with van der Waals surface area (Å²) in [6, 6.07) is 18.9.